The lowest BCUT2D eigenvalue weighted by atomic mass is 9.93. The molecule has 3 rings (SSSR count). The van der Waals surface area contributed by atoms with Gasteiger partial charge in [-0.2, -0.15) is 0 Å². The Morgan fingerprint density at radius 3 is 3.00 bits per heavy atom. The fraction of sp³-hybridized carbons (Fsp3) is 0.562. The number of imidazole rings is 1. The molecule has 0 bridgehead atoms. The third kappa shape index (κ3) is 2.33. The van der Waals surface area contributed by atoms with E-state index in [1.807, 2.05) is 0 Å². The quantitative estimate of drug-likeness (QED) is 0.808. The van der Waals surface area contributed by atoms with Crippen LogP contribution in [-0.4, -0.2) is 28.6 Å². The molecule has 1 saturated heterocycles. The molecule has 1 aliphatic rings. The van der Waals surface area contributed by atoms with Crippen molar-refractivity contribution in [2.24, 2.45) is 0 Å². The monoisotopic (exact) mass is 292 g/mol. The van der Waals surface area contributed by atoms with Crippen molar-refractivity contribution in [2.45, 2.75) is 38.6 Å². The van der Waals surface area contributed by atoms with Crippen molar-refractivity contribution >= 4 is 22.6 Å². The standard InChI is InChI=1S/C16H21ClN2O/c1-12-4-5-13-14(10-12)19(15(18-13)6-8-17)16(2)7-3-9-20-11-16/h4-5,10H,3,6-9,11H2,1-2H3. The van der Waals surface area contributed by atoms with E-state index in [4.69, 9.17) is 21.3 Å². The topological polar surface area (TPSA) is 27.1 Å². The highest BCUT2D eigenvalue weighted by atomic mass is 35.5. The molecule has 1 unspecified atom stereocenters. The molecule has 1 fully saturated rings. The molecule has 20 heavy (non-hydrogen) atoms. The van der Waals surface area contributed by atoms with E-state index in [2.05, 4.69) is 36.6 Å². The van der Waals surface area contributed by atoms with Crippen molar-refractivity contribution in [1.82, 2.24) is 9.55 Å². The first-order chi connectivity index (χ1) is 9.64. The number of nitrogens with zero attached hydrogens (tertiary/aromatic N) is 2. The van der Waals surface area contributed by atoms with Crippen molar-refractivity contribution in [3.63, 3.8) is 0 Å². The second kappa shape index (κ2) is 5.38. The first kappa shape index (κ1) is 13.9. The number of hydrogen-bond donors (Lipinski definition) is 0. The van der Waals surface area contributed by atoms with Gasteiger partial charge in [-0.25, -0.2) is 4.98 Å². The van der Waals surface area contributed by atoms with Crippen LogP contribution >= 0.6 is 11.6 Å². The van der Waals surface area contributed by atoms with E-state index in [0.29, 0.717) is 5.88 Å². The van der Waals surface area contributed by atoms with Crippen LogP contribution in [0.25, 0.3) is 11.0 Å². The summed E-state index contributed by atoms with van der Waals surface area (Å²) in [7, 11) is 0. The number of aryl methyl sites for hydroxylation is 2. The highest BCUT2D eigenvalue weighted by Gasteiger charge is 2.33. The van der Waals surface area contributed by atoms with Gasteiger partial charge in [0.15, 0.2) is 0 Å². The smallest absolute Gasteiger partial charge is 0.111 e. The first-order valence-corrected chi connectivity index (χ1v) is 7.80. The van der Waals surface area contributed by atoms with Crippen LogP contribution in [0, 0.1) is 6.92 Å². The van der Waals surface area contributed by atoms with E-state index >= 15 is 0 Å². The Morgan fingerprint density at radius 1 is 1.45 bits per heavy atom. The van der Waals surface area contributed by atoms with E-state index in [-0.39, 0.29) is 5.54 Å². The Kier molecular flexibility index (Phi) is 3.74. The molecule has 0 aliphatic carbocycles. The van der Waals surface area contributed by atoms with Crippen LogP contribution in [0.4, 0.5) is 0 Å². The van der Waals surface area contributed by atoms with Crippen LogP contribution in [0.3, 0.4) is 0 Å². The van der Waals surface area contributed by atoms with Gasteiger partial charge in [-0.3, -0.25) is 0 Å². The summed E-state index contributed by atoms with van der Waals surface area (Å²) in [5, 5.41) is 0. The largest absolute Gasteiger partial charge is 0.379 e. The molecular weight excluding hydrogens is 272 g/mol. The van der Waals surface area contributed by atoms with Crippen molar-refractivity contribution in [2.75, 3.05) is 19.1 Å². The Labute approximate surface area is 124 Å². The second-order valence-corrected chi connectivity index (χ2v) is 6.33. The molecule has 1 aromatic heterocycles. The minimum absolute atomic E-state index is 0.0117. The molecule has 0 spiro atoms. The summed E-state index contributed by atoms with van der Waals surface area (Å²) in [5.41, 5.74) is 3.51. The Hall–Kier alpha value is -1.06. The molecule has 0 saturated carbocycles. The third-order valence-electron chi connectivity index (χ3n) is 4.15. The number of rotatable bonds is 3. The van der Waals surface area contributed by atoms with Crippen LogP contribution in [0.5, 0.6) is 0 Å². The zero-order chi connectivity index (χ0) is 14.2. The maximum Gasteiger partial charge on any atom is 0.111 e. The number of fused-ring (bicyclic) bond motifs is 1. The zero-order valence-corrected chi connectivity index (χ0v) is 12.9. The number of benzene rings is 1. The molecule has 4 heteroatoms. The molecule has 1 atom stereocenters. The van der Waals surface area contributed by atoms with E-state index in [9.17, 15) is 0 Å². The van der Waals surface area contributed by atoms with Gasteiger partial charge in [0.25, 0.3) is 0 Å². The van der Waals surface area contributed by atoms with Gasteiger partial charge in [0.05, 0.1) is 23.2 Å². The van der Waals surface area contributed by atoms with Gasteiger partial charge >= 0.3 is 0 Å². The van der Waals surface area contributed by atoms with Crippen molar-refractivity contribution in [1.29, 1.82) is 0 Å². The summed E-state index contributed by atoms with van der Waals surface area (Å²) >= 11 is 5.97. The van der Waals surface area contributed by atoms with E-state index in [1.54, 1.807) is 0 Å². The number of hydrogen-bond acceptors (Lipinski definition) is 2. The van der Waals surface area contributed by atoms with Crippen LogP contribution in [0.1, 0.15) is 31.2 Å². The molecule has 0 amide bonds. The van der Waals surface area contributed by atoms with Crippen LogP contribution in [0.15, 0.2) is 18.2 Å². The van der Waals surface area contributed by atoms with E-state index in [0.717, 1.165) is 43.8 Å². The fourth-order valence-corrected chi connectivity index (χ4v) is 3.35. The first-order valence-electron chi connectivity index (χ1n) is 7.26. The van der Waals surface area contributed by atoms with Crippen molar-refractivity contribution in [3.8, 4) is 0 Å². The Balaban J connectivity index is 2.19. The number of alkyl halides is 1. The van der Waals surface area contributed by atoms with Crippen LogP contribution in [-0.2, 0) is 16.7 Å². The third-order valence-corrected chi connectivity index (χ3v) is 4.34. The van der Waals surface area contributed by atoms with Crippen LogP contribution in [0.2, 0.25) is 0 Å². The predicted octanol–water partition coefficient (Wildman–Crippen LogP) is 3.65. The Bertz CT molecular complexity index is 614. The van der Waals surface area contributed by atoms with Gasteiger partial charge < -0.3 is 9.30 Å². The summed E-state index contributed by atoms with van der Waals surface area (Å²) in [6, 6.07) is 6.44. The lowest BCUT2D eigenvalue weighted by molar-refractivity contribution is 0.0102. The number of halogens is 1. The lowest BCUT2D eigenvalue weighted by Gasteiger charge is -2.36. The summed E-state index contributed by atoms with van der Waals surface area (Å²) in [5.74, 6) is 1.67. The van der Waals surface area contributed by atoms with Gasteiger partial charge in [-0.15, -0.1) is 11.6 Å². The fourth-order valence-electron chi connectivity index (χ4n) is 3.19. The summed E-state index contributed by atoms with van der Waals surface area (Å²) in [4.78, 5) is 4.79. The summed E-state index contributed by atoms with van der Waals surface area (Å²) in [6.45, 7) is 6.01. The minimum atomic E-state index is -0.0117. The maximum atomic E-state index is 5.97. The van der Waals surface area contributed by atoms with Crippen molar-refractivity contribution in [3.05, 3.63) is 29.6 Å². The molecular formula is C16H21ClN2O. The molecule has 0 N–H and O–H groups in total. The zero-order valence-electron chi connectivity index (χ0n) is 12.2. The van der Waals surface area contributed by atoms with Crippen molar-refractivity contribution < 1.29 is 4.74 Å². The predicted molar refractivity (Wildman–Crippen MR) is 82.6 cm³/mol. The average molecular weight is 293 g/mol. The molecule has 2 heterocycles. The Morgan fingerprint density at radius 2 is 2.30 bits per heavy atom. The highest BCUT2D eigenvalue weighted by molar-refractivity contribution is 6.17. The van der Waals surface area contributed by atoms with E-state index < -0.39 is 0 Å². The van der Waals surface area contributed by atoms with Crippen LogP contribution < -0.4 is 0 Å². The normalized spacial score (nSPS) is 23.4. The molecule has 108 valence electrons. The van der Waals surface area contributed by atoms with Gasteiger partial charge in [0.2, 0.25) is 0 Å². The molecule has 1 aliphatic heterocycles. The van der Waals surface area contributed by atoms with Gasteiger partial charge in [0, 0.05) is 18.9 Å². The van der Waals surface area contributed by atoms with E-state index in [1.165, 1.54) is 11.1 Å². The average Bonchev–Trinajstić information content (AvgIpc) is 2.78. The highest BCUT2D eigenvalue weighted by Crippen LogP contribution is 2.33. The summed E-state index contributed by atoms with van der Waals surface area (Å²) in [6.07, 6.45) is 3.02. The lowest BCUT2D eigenvalue weighted by Crippen LogP contribution is -2.40. The number of ether oxygens (including phenoxy) is 1. The molecule has 1 aromatic carbocycles. The number of aromatic nitrogens is 2. The minimum Gasteiger partial charge on any atom is -0.379 e. The molecule has 3 nitrogen and oxygen atoms in total. The van der Waals surface area contributed by atoms with Gasteiger partial charge in [0.1, 0.15) is 5.82 Å². The second-order valence-electron chi connectivity index (χ2n) is 5.95. The molecule has 2 aromatic rings. The summed E-state index contributed by atoms with van der Waals surface area (Å²) < 4.78 is 8.11. The maximum absolute atomic E-state index is 5.97. The van der Waals surface area contributed by atoms with Gasteiger partial charge in [-0.1, -0.05) is 6.07 Å². The SMILES string of the molecule is Cc1ccc2nc(CCCl)n(C3(C)CCCOC3)c2c1. The van der Waals surface area contributed by atoms with Gasteiger partial charge in [-0.05, 0) is 44.4 Å². The molecule has 0 radical (unpaired) electrons.